The largest absolute Gasteiger partial charge is 0.377 e. The van der Waals surface area contributed by atoms with E-state index in [4.69, 9.17) is 5.26 Å². The van der Waals surface area contributed by atoms with E-state index in [0.717, 1.165) is 36.1 Å². The lowest BCUT2D eigenvalue weighted by atomic mass is 10.0. The number of nitriles is 1. The molecule has 0 amide bonds. The van der Waals surface area contributed by atoms with Crippen LogP contribution < -0.4 is 5.32 Å². The first-order valence-corrected chi connectivity index (χ1v) is 9.97. The molecule has 1 N–H and O–H groups in total. The molecule has 0 radical (unpaired) electrons. The Labute approximate surface area is 176 Å². The molecule has 0 aromatic heterocycles. The lowest BCUT2D eigenvalue weighted by Gasteiger charge is -2.19. The zero-order valence-electron chi connectivity index (χ0n) is 18.3. The molecular formula is C26H33N3. The van der Waals surface area contributed by atoms with Crippen molar-refractivity contribution in [2.75, 3.05) is 0 Å². The summed E-state index contributed by atoms with van der Waals surface area (Å²) in [4.78, 5) is 4.58. The third-order valence-electron chi connectivity index (χ3n) is 4.78. The number of allylic oxidation sites excluding steroid dienone is 5. The summed E-state index contributed by atoms with van der Waals surface area (Å²) in [5.74, 6) is 0. The van der Waals surface area contributed by atoms with Gasteiger partial charge in [0.15, 0.2) is 0 Å². The summed E-state index contributed by atoms with van der Waals surface area (Å²) in [7, 11) is 0. The van der Waals surface area contributed by atoms with Crippen LogP contribution in [0.15, 0.2) is 89.8 Å². The van der Waals surface area contributed by atoms with E-state index in [0.29, 0.717) is 17.0 Å². The molecule has 0 bridgehead atoms. The Bertz CT molecular complexity index is 874. The van der Waals surface area contributed by atoms with Crippen molar-refractivity contribution in [2.24, 2.45) is 4.99 Å². The number of benzene rings is 1. The fourth-order valence-electron chi connectivity index (χ4n) is 2.57. The van der Waals surface area contributed by atoms with E-state index in [1.54, 1.807) is 0 Å². The van der Waals surface area contributed by atoms with Gasteiger partial charge in [-0.15, -0.1) is 0 Å². The lowest BCUT2D eigenvalue weighted by Crippen LogP contribution is -2.22. The van der Waals surface area contributed by atoms with Gasteiger partial charge >= 0.3 is 0 Å². The molecule has 0 heterocycles. The van der Waals surface area contributed by atoms with Crippen LogP contribution in [0.1, 0.15) is 57.7 Å². The van der Waals surface area contributed by atoms with Crippen molar-refractivity contribution in [3.63, 3.8) is 0 Å². The van der Waals surface area contributed by atoms with Crippen molar-refractivity contribution in [3.05, 3.63) is 95.9 Å². The highest BCUT2D eigenvalue weighted by Gasteiger charge is 2.11. The van der Waals surface area contributed by atoms with E-state index in [2.05, 4.69) is 80.8 Å². The molecule has 152 valence electrons. The smallest absolute Gasteiger partial charge is 0.0988 e. The van der Waals surface area contributed by atoms with Crippen molar-refractivity contribution >= 4 is 5.71 Å². The Morgan fingerprint density at radius 1 is 1.14 bits per heavy atom. The highest BCUT2D eigenvalue weighted by Crippen LogP contribution is 2.18. The minimum absolute atomic E-state index is 0.0545. The Kier molecular flexibility index (Phi) is 9.62. The van der Waals surface area contributed by atoms with Crippen LogP contribution in [-0.4, -0.2) is 5.71 Å². The van der Waals surface area contributed by atoms with Crippen molar-refractivity contribution in [2.45, 2.75) is 53.0 Å². The molecular weight excluding hydrogens is 354 g/mol. The van der Waals surface area contributed by atoms with Crippen LogP contribution in [0.4, 0.5) is 0 Å². The van der Waals surface area contributed by atoms with Crippen LogP contribution in [0, 0.1) is 11.3 Å². The molecule has 1 rings (SSSR count). The minimum Gasteiger partial charge on any atom is -0.377 e. The monoisotopic (exact) mass is 387 g/mol. The molecule has 0 aliphatic carbocycles. The second kappa shape index (κ2) is 11.7. The van der Waals surface area contributed by atoms with Gasteiger partial charge in [-0.3, -0.25) is 4.99 Å². The van der Waals surface area contributed by atoms with Gasteiger partial charge in [0.25, 0.3) is 0 Å². The van der Waals surface area contributed by atoms with Gasteiger partial charge in [-0.25, -0.2) is 0 Å². The van der Waals surface area contributed by atoms with Crippen molar-refractivity contribution < 1.29 is 0 Å². The van der Waals surface area contributed by atoms with Gasteiger partial charge in [0.05, 0.1) is 17.5 Å². The summed E-state index contributed by atoms with van der Waals surface area (Å²) in [5, 5.41) is 12.5. The third-order valence-corrected chi connectivity index (χ3v) is 4.78. The van der Waals surface area contributed by atoms with Gasteiger partial charge < -0.3 is 5.32 Å². The maximum atomic E-state index is 9.08. The number of rotatable bonds is 11. The Hall–Kier alpha value is -3.12. The Balaban J connectivity index is 3.00. The van der Waals surface area contributed by atoms with E-state index in [9.17, 15) is 0 Å². The van der Waals surface area contributed by atoms with Gasteiger partial charge in [-0.05, 0) is 55.9 Å². The molecule has 0 aliphatic rings. The van der Waals surface area contributed by atoms with Gasteiger partial charge in [0.2, 0.25) is 0 Å². The SMILES string of the molecule is C=C(CC)Cc1ccc([C@H](C)NC(=C)C(/C=C(\C)C(=C)C#N)=NC(=C)CC)cc1. The Morgan fingerprint density at radius 3 is 2.28 bits per heavy atom. The maximum absolute atomic E-state index is 9.08. The summed E-state index contributed by atoms with van der Waals surface area (Å²) in [6.45, 7) is 24.0. The van der Waals surface area contributed by atoms with Crippen LogP contribution in [0.2, 0.25) is 0 Å². The van der Waals surface area contributed by atoms with E-state index in [1.807, 2.05) is 19.9 Å². The first-order chi connectivity index (χ1) is 13.7. The molecule has 0 spiro atoms. The predicted molar refractivity (Wildman–Crippen MR) is 126 cm³/mol. The number of aliphatic imine (C=N–C) groups is 1. The molecule has 0 saturated carbocycles. The molecule has 1 aromatic rings. The zero-order valence-corrected chi connectivity index (χ0v) is 18.3. The van der Waals surface area contributed by atoms with E-state index in [1.165, 1.54) is 11.1 Å². The highest BCUT2D eigenvalue weighted by molar-refractivity contribution is 6.08. The maximum Gasteiger partial charge on any atom is 0.0988 e. The van der Waals surface area contributed by atoms with Gasteiger partial charge in [-0.1, -0.05) is 70.0 Å². The number of nitrogens with one attached hydrogen (secondary N) is 1. The normalized spacial score (nSPS) is 12.7. The highest BCUT2D eigenvalue weighted by atomic mass is 14.9. The first kappa shape index (κ1) is 23.9. The Morgan fingerprint density at radius 2 is 1.76 bits per heavy atom. The quantitative estimate of drug-likeness (QED) is 0.197. The summed E-state index contributed by atoms with van der Waals surface area (Å²) in [6, 6.07) is 10.7. The fraction of sp³-hybridized carbons (Fsp3) is 0.308. The molecule has 29 heavy (non-hydrogen) atoms. The van der Waals surface area contributed by atoms with Crippen molar-refractivity contribution in [1.29, 1.82) is 5.26 Å². The summed E-state index contributed by atoms with van der Waals surface area (Å²) >= 11 is 0. The molecule has 1 atom stereocenters. The molecule has 3 heteroatoms. The number of hydrogen-bond acceptors (Lipinski definition) is 3. The topological polar surface area (TPSA) is 48.2 Å². The summed E-state index contributed by atoms with van der Waals surface area (Å²) in [5.41, 5.74) is 6.91. The number of nitrogens with zero attached hydrogens (tertiary/aromatic N) is 2. The van der Waals surface area contributed by atoms with Crippen LogP contribution in [0.5, 0.6) is 0 Å². The zero-order chi connectivity index (χ0) is 22.0. The van der Waals surface area contributed by atoms with Gasteiger partial charge in [0, 0.05) is 17.3 Å². The van der Waals surface area contributed by atoms with Crippen LogP contribution >= 0.6 is 0 Å². The second-order valence-electron chi connectivity index (χ2n) is 7.20. The summed E-state index contributed by atoms with van der Waals surface area (Å²) < 4.78 is 0. The van der Waals surface area contributed by atoms with Crippen LogP contribution in [-0.2, 0) is 6.42 Å². The van der Waals surface area contributed by atoms with E-state index >= 15 is 0 Å². The van der Waals surface area contributed by atoms with Crippen molar-refractivity contribution in [1.82, 2.24) is 5.32 Å². The second-order valence-corrected chi connectivity index (χ2v) is 7.20. The molecule has 0 aliphatic heterocycles. The fourth-order valence-corrected chi connectivity index (χ4v) is 2.57. The standard InChI is InChI=1S/C26H33N3/c1-9-18(3)15-24-11-13-25(14-12-24)22(7)29-23(8)26(28-21(6)10-2)16-19(4)20(5)17-27/h11-14,16,22,29H,3,5-6,8-10,15H2,1-2,4,7H3/b19-16+,28-26?/t22-/m0/s1. The van der Waals surface area contributed by atoms with Gasteiger partial charge in [-0.2, -0.15) is 5.26 Å². The first-order valence-electron chi connectivity index (χ1n) is 9.97. The molecule has 0 fully saturated rings. The van der Waals surface area contributed by atoms with E-state index < -0.39 is 0 Å². The average Bonchev–Trinajstić information content (AvgIpc) is 2.72. The predicted octanol–water partition coefficient (Wildman–Crippen LogP) is 6.75. The molecule has 1 aromatic carbocycles. The molecule has 3 nitrogen and oxygen atoms in total. The van der Waals surface area contributed by atoms with E-state index in [-0.39, 0.29) is 6.04 Å². The minimum atomic E-state index is 0.0545. The molecule has 0 saturated heterocycles. The van der Waals surface area contributed by atoms with Crippen molar-refractivity contribution in [3.8, 4) is 6.07 Å². The summed E-state index contributed by atoms with van der Waals surface area (Å²) in [6.07, 6.45) is 4.47. The third kappa shape index (κ3) is 7.79. The van der Waals surface area contributed by atoms with Crippen LogP contribution in [0.3, 0.4) is 0 Å². The lowest BCUT2D eigenvalue weighted by molar-refractivity contribution is 0.672. The van der Waals surface area contributed by atoms with Gasteiger partial charge in [0.1, 0.15) is 0 Å². The molecule has 0 unspecified atom stereocenters. The number of hydrogen-bond donors (Lipinski definition) is 1. The average molecular weight is 388 g/mol. The van der Waals surface area contributed by atoms with Crippen LogP contribution in [0.25, 0.3) is 0 Å².